The maximum Gasteiger partial charge on any atom is 0.123 e. The molecule has 2 aromatic rings. The molecule has 1 N–H and O–H groups in total. The second-order valence-corrected chi connectivity index (χ2v) is 4.95. The van der Waals surface area contributed by atoms with Crippen molar-refractivity contribution in [2.75, 3.05) is 18.0 Å². The van der Waals surface area contributed by atoms with Crippen molar-refractivity contribution in [3.05, 3.63) is 53.5 Å². The van der Waals surface area contributed by atoms with Crippen LogP contribution in [0.15, 0.2) is 40.8 Å². The van der Waals surface area contributed by atoms with E-state index in [1.54, 1.807) is 0 Å². The lowest BCUT2D eigenvalue weighted by Crippen LogP contribution is -2.19. The molecule has 3 nitrogen and oxygen atoms in total. The quantitative estimate of drug-likeness (QED) is 0.891. The molecule has 0 fully saturated rings. The Kier molecular flexibility index (Phi) is 3.56. The number of furan rings is 1. The van der Waals surface area contributed by atoms with Crippen LogP contribution < -0.4 is 10.2 Å². The fourth-order valence-electron chi connectivity index (χ4n) is 2.61. The van der Waals surface area contributed by atoms with Gasteiger partial charge in [-0.05, 0) is 36.7 Å². The highest BCUT2D eigenvalue weighted by Crippen LogP contribution is 2.29. The van der Waals surface area contributed by atoms with Gasteiger partial charge in [0.05, 0.1) is 13.1 Å². The van der Waals surface area contributed by atoms with Gasteiger partial charge in [0, 0.05) is 12.2 Å². The van der Waals surface area contributed by atoms with Gasteiger partial charge in [-0.2, -0.15) is 0 Å². The lowest BCUT2D eigenvalue weighted by Gasteiger charge is -2.17. The highest BCUT2D eigenvalue weighted by molar-refractivity contribution is 5.57. The second-order valence-electron chi connectivity index (χ2n) is 4.95. The van der Waals surface area contributed by atoms with Crippen LogP contribution in [0.3, 0.4) is 0 Å². The number of hydrogen-bond acceptors (Lipinski definition) is 3. The van der Waals surface area contributed by atoms with Crippen LogP contribution in [-0.2, 0) is 19.5 Å². The van der Waals surface area contributed by atoms with Crippen molar-refractivity contribution < 1.29 is 4.42 Å². The van der Waals surface area contributed by atoms with E-state index >= 15 is 0 Å². The molecule has 1 aromatic carbocycles. The molecule has 0 bridgehead atoms. The van der Waals surface area contributed by atoms with E-state index in [-0.39, 0.29) is 0 Å². The Bertz CT molecular complexity index is 547. The number of fused-ring (bicyclic) bond motifs is 1. The molecule has 1 aromatic heterocycles. The second kappa shape index (κ2) is 5.49. The van der Waals surface area contributed by atoms with E-state index in [2.05, 4.69) is 53.5 Å². The van der Waals surface area contributed by atoms with E-state index in [1.807, 2.05) is 0 Å². The number of nitrogens with zero attached hydrogens (tertiary/aromatic N) is 1. The molecule has 0 aliphatic carbocycles. The highest BCUT2D eigenvalue weighted by atomic mass is 16.3. The third-order valence-electron chi connectivity index (χ3n) is 3.60. The molecule has 2 heterocycles. The Labute approximate surface area is 114 Å². The average Bonchev–Trinajstić information content (AvgIpc) is 3.05. The molecule has 3 rings (SSSR count). The smallest absolute Gasteiger partial charge is 0.123 e. The van der Waals surface area contributed by atoms with Gasteiger partial charge in [0.15, 0.2) is 0 Å². The van der Waals surface area contributed by atoms with Crippen LogP contribution in [0.2, 0.25) is 0 Å². The molecule has 1 aliphatic rings. The Morgan fingerprint density at radius 2 is 2.00 bits per heavy atom. The van der Waals surface area contributed by atoms with Gasteiger partial charge < -0.3 is 14.6 Å². The number of rotatable bonds is 5. The fraction of sp³-hybridized carbons (Fsp3) is 0.375. The van der Waals surface area contributed by atoms with Crippen LogP contribution in [0.5, 0.6) is 0 Å². The normalized spacial score (nSPS) is 13.8. The van der Waals surface area contributed by atoms with Gasteiger partial charge in [0.2, 0.25) is 0 Å². The minimum absolute atomic E-state index is 0.813. The molecular weight excluding hydrogens is 236 g/mol. The molecule has 0 saturated heterocycles. The molecule has 0 saturated carbocycles. The average molecular weight is 256 g/mol. The predicted octanol–water partition coefficient (Wildman–Crippen LogP) is 2.95. The Morgan fingerprint density at radius 3 is 2.89 bits per heavy atom. The number of hydrogen-bond donors (Lipinski definition) is 1. The van der Waals surface area contributed by atoms with E-state index < -0.39 is 0 Å². The first-order valence-corrected chi connectivity index (χ1v) is 6.98. The molecule has 0 radical (unpaired) electrons. The van der Waals surface area contributed by atoms with Crippen LogP contribution in [0, 0.1) is 0 Å². The number of anilines is 1. The number of nitrogens with one attached hydrogen (secondary N) is 1. The summed E-state index contributed by atoms with van der Waals surface area (Å²) in [5.41, 5.74) is 2.80. The maximum absolute atomic E-state index is 5.86. The highest BCUT2D eigenvalue weighted by Gasteiger charge is 2.19. The maximum atomic E-state index is 5.86. The third kappa shape index (κ3) is 2.66. The summed E-state index contributed by atoms with van der Waals surface area (Å²) in [5, 5.41) is 3.28. The zero-order valence-corrected chi connectivity index (χ0v) is 11.4. The van der Waals surface area contributed by atoms with Gasteiger partial charge in [-0.25, -0.2) is 0 Å². The molecule has 0 amide bonds. The van der Waals surface area contributed by atoms with Crippen LogP contribution in [-0.4, -0.2) is 13.1 Å². The first-order chi connectivity index (χ1) is 9.36. The Morgan fingerprint density at radius 1 is 1.16 bits per heavy atom. The summed E-state index contributed by atoms with van der Waals surface area (Å²) < 4.78 is 5.86. The molecule has 0 unspecified atom stereocenters. The molecule has 0 spiro atoms. The van der Waals surface area contributed by atoms with Crippen molar-refractivity contribution in [3.63, 3.8) is 0 Å². The zero-order valence-electron chi connectivity index (χ0n) is 11.4. The largest absolute Gasteiger partial charge is 0.463 e. The van der Waals surface area contributed by atoms with Crippen LogP contribution in [0.4, 0.5) is 5.69 Å². The van der Waals surface area contributed by atoms with E-state index in [9.17, 15) is 0 Å². The summed E-state index contributed by atoms with van der Waals surface area (Å²) in [6.45, 7) is 5.83. The number of benzene rings is 1. The van der Waals surface area contributed by atoms with Crippen molar-refractivity contribution >= 4 is 5.69 Å². The minimum Gasteiger partial charge on any atom is -0.463 e. The lowest BCUT2D eigenvalue weighted by atomic mass is 10.2. The fourth-order valence-corrected chi connectivity index (χ4v) is 2.61. The minimum atomic E-state index is 0.813. The Balaban J connectivity index is 1.68. The summed E-state index contributed by atoms with van der Waals surface area (Å²) in [6.07, 6.45) is 1.14. The van der Waals surface area contributed by atoms with Gasteiger partial charge in [-0.1, -0.05) is 25.1 Å². The van der Waals surface area contributed by atoms with Gasteiger partial charge in [-0.3, -0.25) is 0 Å². The standard InChI is InChI=1S/C16H20N2O/c1-2-17-11-14-7-8-15(19-14)12-18-10-9-13-5-3-4-6-16(13)18/h3-8,17H,2,9-12H2,1H3. The molecule has 1 aliphatic heterocycles. The van der Waals surface area contributed by atoms with Gasteiger partial charge >= 0.3 is 0 Å². The first kappa shape index (κ1) is 12.3. The van der Waals surface area contributed by atoms with Gasteiger partial charge in [0.1, 0.15) is 11.5 Å². The van der Waals surface area contributed by atoms with Crippen molar-refractivity contribution in [2.24, 2.45) is 0 Å². The van der Waals surface area contributed by atoms with Crippen molar-refractivity contribution in [1.29, 1.82) is 0 Å². The number of para-hydroxylation sites is 1. The summed E-state index contributed by atoms with van der Waals surface area (Å²) in [6, 6.07) is 12.8. The van der Waals surface area contributed by atoms with Crippen LogP contribution >= 0.6 is 0 Å². The summed E-state index contributed by atoms with van der Waals surface area (Å²) in [4.78, 5) is 2.39. The predicted molar refractivity (Wildman–Crippen MR) is 77.3 cm³/mol. The van der Waals surface area contributed by atoms with Crippen molar-refractivity contribution in [3.8, 4) is 0 Å². The lowest BCUT2D eigenvalue weighted by molar-refractivity contribution is 0.447. The van der Waals surface area contributed by atoms with E-state index in [0.717, 1.165) is 44.1 Å². The Hall–Kier alpha value is -1.74. The zero-order chi connectivity index (χ0) is 13.1. The molecule has 19 heavy (non-hydrogen) atoms. The molecule has 0 atom stereocenters. The van der Waals surface area contributed by atoms with Gasteiger partial charge in [-0.15, -0.1) is 0 Å². The summed E-state index contributed by atoms with van der Waals surface area (Å²) >= 11 is 0. The molecular formula is C16H20N2O. The molecule has 100 valence electrons. The molecule has 3 heteroatoms. The van der Waals surface area contributed by atoms with Crippen molar-refractivity contribution in [1.82, 2.24) is 5.32 Å². The topological polar surface area (TPSA) is 28.4 Å². The SMILES string of the molecule is CCNCc1ccc(CN2CCc3ccccc32)o1. The summed E-state index contributed by atoms with van der Waals surface area (Å²) in [5.74, 6) is 2.06. The van der Waals surface area contributed by atoms with E-state index in [1.165, 1.54) is 11.3 Å². The van der Waals surface area contributed by atoms with Crippen LogP contribution in [0.1, 0.15) is 24.0 Å². The van der Waals surface area contributed by atoms with Crippen molar-refractivity contribution in [2.45, 2.75) is 26.4 Å². The monoisotopic (exact) mass is 256 g/mol. The van der Waals surface area contributed by atoms with Crippen LogP contribution in [0.25, 0.3) is 0 Å². The third-order valence-corrected chi connectivity index (χ3v) is 3.60. The summed E-state index contributed by atoms with van der Waals surface area (Å²) in [7, 11) is 0. The van der Waals surface area contributed by atoms with Gasteiger partial charge in [0.25, 0.3) is 0 Å². The first-order valence-electron chi connectivity index (χ1n) is 6.98. The van der Waals surface area contributed by atoms with E-state index in [0.29, 0.717) is 0 Å². The van der Waals surface area contributed by atoms with E-state index in [4.69, 9.17) is 4.42 Å².